The average Bonchev–Trinajstić information content (AvgIpc) is 3.05. The first-order valence-corrected chi connectivity index (χ1v) is 9.06. The van der Waals surface area contributed by atoms with Crippen LogP contribution in [0, 0.1) is 11.8 Å². The molecule has 1 unspecified atom stereocenters. The predicted octanol–water partition coefficient (Wildman–Crippen LogP) is 1.61. The van der Waals surface area contributed by atoms with Crippen molar-refractivity contribution in [2.45, 2.75) is 63.5 Å². The Balaban J connectivity index is 1.52. The number of nitrogens with one attached hydrogen (secondary N) is 1. The Morgan fingerprint density at radius 3 is 2.61 bits per heavy atom. The quantitative estimate of drug-likeness (QED) is 0.611. The summed E-state index contributed by atoms with van der Waals surface area (Å²) in [7, 11) is 0. The van der Waals surface area contributed by atoms with Gasteiger partial charge in [-0.25, -0.2) is 0 Å². The SMILES string of the molecule is O=C(N[C@@H]1C=C[C@H](CO)C1)C1CC(=O)N(C2CCCCCC2)C1. The molecule has 23 heavy (non-hydrogen) atoms. The predicted molar refractivity (Wildman–Crippen MR) is 87.6 cm³/mol. The molecule has 0 aromatic rings. The van der Waals surface area contributed by atoms with Crippen LogP contribution in [0.15, 0.2) is 12.2 Å². The molecule has 2 fully saturated rings. The van der Waals surface area contributed by atoms with E-state index in [2.05, 4.69) is 5.32 Å². The van der Waals surface area contributed by atoms with E-state index in [0.717, 1.165) is 19.3 Å². The van der Waals surface area contributed by atoms with Crippen LogP contribution < -0.4 is 5.32 Å². The first kappa shape index (κ1) is 16.5. The van der Waals surface area contributed by atoms with Gasteiger partial charge in [0.05, 0.1) is 5.92 Å². The topological polar surface area (TPSA) is 69.6 Å². The van der Waals surface area contributed by atoms with Crippen LogP contribution in [0.3, 0.4) is 0 Å². The lowest BCUT2D eigenvalue weighted by Crippen LogP contribution is -2.40. The van der Waals surface area contributed by atoms with Crippen molar-refractivity contribution in [1.29, 1.82) is 0 Å². The Morgan fingerprint density at radius 1 is 1.22 bits per heavy atom. The van der Waals surface area contributed by atoms with Crippen molar-refractivity contribution in [1.82, 2.24) is 10.2 Å². The monoisotopic (exact) mass is 320 g/mol. The molecule has 3 rings (SSSR count). The van der Waals surface area contributed by atoms with Gasteiger partial charge in [0.15, 0.2) is 0 Å². The van der Waals surface area contributed by atoms with Crippen LogP contribution >= 0.6 is 0 Å². The molecule has 0 radical (unpaired) electrons. The number of rotatable bonds is 4. The van der Waals surface area contributed by atoms with Crippen molar-refractivity contribution in [2.75, 3.05) is 13.2 Å². The highest BCUT2D eigenvalue weighted by atomic mass is 16.3. The summed E-state index contributed by atoms with van der Waals surface area (Å²) >= 11 is 0. The molecule has 2 aliphatic carbocycles. The lowest BCUT2D eigenvalue weighted by molar-refractivity contribution is -0.130. The smallest absolute Gasteiger partial charge is 0.225 e. The van der Waals surface area contributed by atoms with Crippen molar-refractivity contribution in [3.8, 4) is 0 Å². The summed E-state index contributed by atoms with van der Waals surface area (Å²) in [6, 6.07) is 0.342. The van der Waals surface area contributed by atoms with Gasteiger partial charge in [-0.1, -0.05) is 37.8 Å². The zero-order chi connectivity index (χ0) is 16.2. The van der Waals surface area contributed by atoms with E-state index < -0.39 is 0 Å². The Hall–Kier alpha value is -1.36. The molecule has 1 saturated carbocycles. The summed E-state index contributed by atoms with van der Waals surface area (Å²) in [4.78, 5) is 26.8. The van der Waals surface area contributed by atoms with Crippen LogP contribution in [-0.2, 0) is 9.59 Å². The van der Waals surface area contributed by atoms with Gasteiger partial charge in [-0.15, -0.1) is 0 Å². The number of hydrogen-bond acceptors (Lipinski definition) is 3. The van der Waals surface area contributed by atoms with Crippen LogP contribution in [0.5, 0.6) is 0 Å². The zero-order valence-electron chi connectivity index (χ0n) is 13.7. The van der Waals surface area contributed by atoms with E-state index in [9.17, 15) is 9.59 Å². The fourth-order valence-corrected chi connectivity index (χ4v) is 4.15. The third kappa shape index (κ3) is 3.94. The highest BCUT2D eigenvalue weighted by Crippen LogP contribution is 2.28. The van der Waals surface area contributed by atoms with Gasteiger partial charge >= 0.3 is 0 Å². The molecule has 0 spiro atoms. The van der Waals surface area contributed by atoms with Crippen LogP contribution in [-0.4, -0.2) is 47.1 Å². The van der Waals surface area contributed by atoms with Crippen molar-refractivity contribution in [2.24, 2.45) is 11.8 Å². The van der Waals surface area contributed by atoms with Crippen LogP contribution in [0.25, 0.3) is 0 Å². The van der Waals surface area contributed by atoms with E-state index in [1.807, 2.05) is 17.1 Å². The fourth-order valence-electron chi connectivity index (χ4n) is 4.15. The second kappa shape index (κ2) is 7.47. The molecule has 0 aromatic heterocycles. The van der Waals surface area contributed by atoms with Gasteiger partial charge in [0.25, 0.3) is 0 Å². The van der Waals surface area contributed by atoms with Gasteiger partial charge in [-0.05, 0) is 19.3 Å². The second-order valence-corrected chi connectivity index (χ2v) is 7.27. The zero-order valence-corrected chi connectivity index (χ0v) is 13.7. The van der Waals surface area contributed by atoms with E-state index in [1.165, 1.54) is 25.7 Å². The number of carbonyl (C=O) groups excluding carboxylic acids is 2. The largest absolute Gasteiger partial charge is 0.396 e. The summed E-state index contributed by atoms with van der Waals surface area (Å²) < 4.78 is 0. The minimum atomic E-state index is -0.215. The number of carbonyl (C=O) groups is 2. The average molecular weight is 320 g/mol. The molecule has 3 atom stereocenters. The normalized spacial score (nSPS) is 32.3. The number of likely N-dealkylation sites (tertiary alicyclic amines) is 1. The van der Waals surface area contributed by atoms with E-state index in [-0.39, 0.29) is 36.3 Å². The standard InChI is InChI=1S/C18H28N2O3/c21-12-13-7-8-15(9-13)19-18(23)14-10-17(22)20(11-14)16-5-3-1-2-4-6-16/h7-8,13-16,21H,1-6,9-12H2,(H,19,23)/t13-,14?,15+/m0/s1. The number of amides is 2. The molecule has 2 amide bonds. The maximum absolute atomic E-state index is 12.5. The Labute approximate surface area is 138 Å². The molecule has 5 heteroatoms. The van der Waals surface area contributed by atoms with E-state index in [0.29, 0.717) is 19.0 Å². The van der Waals surface area contributed by atoms with Crippen LogP contribution in [0.4, 0.5) is 0 Å². The summed E-state index contributed by atoms with van der Waals surface area (Å²) in [5.74, 6) is 0.0651. The van der Waals surface area contributed by atoms with Gasteiger partial charge in [0, 0.05) is 37.6 Å². The molecule has 3 aliphatic rings. The number of nitrogens with zero attached hydrogens (tertiary/aromatic N) is 1. The third-order valence-corrected chi connectivity index (χ3v) is 5.53. The van der Waals surface area contributed by atoms with Gasteiger partial charge in [0.2, 0.25) is 11.8 Å². The van der Waals surface area contributed by atoms with Crippen LogP contribution in [0.2, 0.25) is 0 Å². The first-order valence-electron chi connectivity index (χ1n) is 9.06. The summed E-state index contributed by atoms with van der Waals surface area (Å²) in [6.45, 7) is 0.704. The summed E-state index contributed by atoms with van der Waals surface area (Å²) in [5, 5.41) is 12.2. The molecular weight excluding hydrogens is 292 g/mol. The molecule has 0 bridgehead atoms. The van der Waals surface area contributed by atoms with E-state index >= 15 is 0 Å². The highest BCUT2D eigenvalue weighted by Gasteiger charge is 2.38. The minimum absolute atomic E-state index is 0.00156. The maximum Gasteiger partial charge on any atom is 0.225 e. The third-order valence-electron chi connectivity index (χ3n) is 5.53. The fraction of sp³-hybridized carbons (Fsp3) is 0.778. The number of aliphatic hydroxyl groups is 1. The summed E-state index contributed by atoms with van der Waals surface area (Å²) in [6.07, 6.45) is 12.1. The van der Waals surface area contributed by atoms with Crippen molar-refractivity contribution < 1.29 is 14.7 Å². The molecule has 2 N–H and O–H groups in total. The highest BCUT2D eigenvalue weighted by molar-refractivity contribution is 5.89. The molecule has 1 heterocycles. The Bertz CT molecular complexity index is 469. The van der Waals surface area contributed by atoms with Gasteiger partial charge in [0.1, 0.15) is 0 Å². The lowest BCUT2D eigenvalue weighted by Gasteiger charge is -2.27. The minimum Gasteiger partial charge on any atom is -0.396 e. The van der Waals surface area contributed by atoms with Gasteiger partial charge < -0.3 is 15.3 Å². The Morgan fingerprint density at radius 2 is 1.96 bits per heavy atom. The Kier molecular flexibility index (Phi) is 5.36. The van der Waals surface area contributed by atoms with Gasteiger partial charge in [-0.2, -0.15) is 0 Å². The first-order chi connectivity index (χ1) is 11.2. The summed E-state index contributed by atoms with van der Waals surface area (Å²) in [5.41, 5.74) is 0. The van der Waals surface area contributed by atoms with Crippen molar-refractivity contribution in [3.05, 3.63) is 12.2 Å². The van der Waals surface area contributed by atoms with Crippen molar-refractivity contribution >= 4 is 11.8 Å². The number of hydrogen-bond donors (Lipinski definition) is 2. The molecule has 0 aromatic carbocycles. The maximum atomic E-state index is 12.5. The molecule has 1 saturated heterocycles. The van der Waals surface area contributed by atoms with Crippen LogP contribution in [0.1, 0.15) is 51.4 Å². The van der Waals surface area contributed by atoms with Crippen molar-refractivity contribution in [3.63, 3.8) is 0 Å². The van der Waals surface area contributed by atoms with Gasteiger partial charge in [-0.3, -0.25) is 9.59 Å². The molecule has 128 valence electrons. The molecule has 1 aliphatic heterocycles. The second-order valence-electron chi connectivity index (χ2n) is 7.27. The lowest BCUT2D eigenvalue weighted by atomic mass is 10.1. The molecule has 5 nitrogen and oxygen atoms in total. The van der Waals surface area contributed by atoms with E-state index in [1.54, 1.807) is 0 Å². The molecular formula is C18H28N2O3. The van der Waals surface area contributed by atoms with E-state index in [4.69, 9.17) is 5.11 Å². The number of aliphatic hydroxyl groups excluding tert-OH is 1.